The van der Waals surface area contributed by atoms with Crippen LogP contribution in [0.25, 0.3) is 0 Å². The molecule has 1 aromatic rings. The molecular formula is C18H31N3O2. The largest absolute Gasteiger partial charge is 0.353 e. The highest BCUT2D eigenvalue weighted by Crippen LogP contribution is 2.11. The Morgan fingerprint density at radius 2 is 1.91 bits per heavy atom. The van der Waals surface area contributed by atoms with Crippen molar-refractivity contribution in [2.75, 3.05) is 13.1 Å². The molecule has 130 valence electrons. The molecule has 0 aliphatic rings. The molecule has 0 aliphatic heterocycles. The van der Waals surface area contributed by atoms with Crippen LogP contribution in [0.1, 0.15) is 46.7 Å². The lowest BCUT2D eigenvalue weighted by Crippen LogP contribution is -2.46. The van der Waals surface area contributed by atoms with E-state index < -0.39 is 0 Å². The predicted octanol–water partition coefficient (Wildman–Crippen LogP) is 2.66. The Labute approximate surface area is 140 Å². The molecule has 1 unspecified atom stereocenters. The zero-order valence-corrected chi connectivity index (χ0v) is 15.4. The highest BCUT2D eigenvalue weighted by molar-refractivity contribution is 5.84. The summed E-state index contributed by atoms with van der Waals surface area (Å²) >= 11 is 0. The molecule has 0 saturated carbocycles. The fourth-order valence-corrected chi connectivity index (χ4v) is 2.60. The molecule has 0 fully saturated rings. The van der Waals surface area contributed by atoms with Crippen LogP contribution in [0, 0.1) is 5.92 Å². The van der Waals surface area contributed by atoms with Crippen LogP contribution in [0.4, 0.5) is 0 Å². The minimum absolute atomic E-state index is 0.00963. The summed E-state index contributed by atoms with van der Waals surface area (Å²) < 4.78 is 2.03. The number of aryl methyl sites for hydroxylation is 1. The van der Waals surface area contributed by atoms with Gasteiger partial charge in [-0.05, 0) is 31.4 Å². The molecule has 23 heavy (non-hydrogen) atoms. The first kappa shape index (κ1) is 19.3. The van der Waals surface area contributed by atoms with Gasteiger partial charge in [0.2, 0.25) is 11.8 Å². The molecule has 0 N–H and O–H groups in total. The Kier molecular flexibility index (Phi) is 7.33. The summed E-state index contributed by atoms with van der Waals surface area (Å²) in [4.78, 5) is 28.1. The third-order valence-electron chi connectivity index (χ3n) is 4.18. The van der Waals surface area contributed by atoms with Crippen molar-refractivity contribution in [2.45, 2.75) is 53.6 Å². The van der Waals surface area contributed by atoms with Gasteiger partial charge in [-0.25, -0.2) is 0 Å². The maximum Gasteiger partial charge on any atom is 0.242 e. The lowest BCUT2D eigenvalue weighted by Gasteiger charge is -2.31. The fraction of sp³-hybridized carbons (Fsp3) is 0.667. The molecule has 1 rings (SSSR count). The first-order chi connectivity index (χ1) is 10.8. The van der Waals surface area contributed by atoms with E-state index in [2.05, 4.69) is 13.8 Å². The highest BCUT2D eigenvalue weighted by Gasteiger charge is 2.23. The number of carbonyl (C=O) groups is 2. The quantitative estimate of drug-likeness (QED) is 0.739. The molecular weight excluding hydrogens is 290 g/mol. The van der Waals surface area contributed by atoms with E-state index >= 15 is 0 Å². The molecule has 0 bridgehead atoms. The third-order valence-corrected chi connectivity index (χ3v) is 4.18. The second kappa shape index (κ2) is 8.75. The normalized spacial score (nSPS) is 12.3. The zero-order chi connectivity index (χ0) is 17.6. The maximum atomic E-state index is 12.8. The van der Waals surface area contributed by atoms with Gasteiger partial charge in [0.05, 0.1) is 13.1 Å². The van der Waals surface area contributed by atoms with E-state index in [1.165, 1.54) is 6.92 Å². The van der Waals surface area contributed by atoms with Crippen LogP contribution < -0.4 is 0 Å². The summed E-state index contributed by atoms with van der Waals surface area (Å²) in [7, 11) is 1.98. The van der Waals surface area contributed by atoms with Gasteiger partial charge in [-0.3, -0.25) is 9.59 Å². The molecule has 1 aromatic heterocycles. The molecule has 0 spiro atoms. The van der Waals surface area contributed by atoms with Crippen LogP contribution in [0.2, 0.25) is 0 Å². The van der Waals surface area contributed by atoms with Gasteiger partial charge in [-0.2, -0.15) is 0 Å². The van der Waals surface area contributed by atoms with Gasteiger partial charge in [-0.1, -0.05) is 20.8 Å². The van der Waals surface area contributed by atoms with Gasteiger partial charge >= 0.3 is 0 Å². The van der Waals surface area contributed by atoms with Crippen LogP contribution >= 0.6 is 0 Å². The Hall–Kier alpha value is -1.78. The number of rotatable bonds is 8. The topological polar surface area (TPSA) is 45.6 Å². The summed E-state index contributed by atoms with van der Waals surface area (Å²) in [5, 5.41) is 0. The molecule has 1 atom stereocenters. The number of hydrogen-bond donors (Lipinski definition) is 0. The van der Waals surface area contributed by atoms with Gasteiger partial charge in [0, 0.05) is 38.4 Å². The van der Waals surface area contributed by atoms with Crippen LogP contribution in [-0.2, 0) is 23.2 Å². The van der Waals surface area contributed by atoms with Crippen LogP contribution in [0.3, 0.4) is 0 Å². The van der Waals surface area contributed by atoms with Crippen molar-refractivity contribution in [3.63, 3.8) is 0 Å². The van der Waals surface area contributed by atoms with Crippen molar-refractivity contribution in [2.24, 2.45) is 13.0 Å². The maximum absolute atomic E-state index is 12.8. The fourth-order valence-electron chi connectivity index (χ4n) is 2.60. The first-order valence-electron chi connectivity index (χ1n) is 8.41. The Balaban J connectivity index is 2.86. The van der Waals surface area contributed by atoms with Crippen molar-refractivity contribution >= 4 is 11.8 Å². The van der Waals surface area contributed by atoms with E-state index in [1.807, 2.05) is 48.7 Å². The monoisotopic (exact) mass is 321 g/mol. The van der Waals surface area contributed by atoms with Gasteiger partial charge in [0.15, 0.2) is 0 Å². The van der Waals surface area contributed by atoms with Crippen molar-refractivity contribution in [1.82, 2.24) is 14.4 Å². The van der Waals surface area contributed by atoms with Crippen molar-refractivity contribution in [3.05, 3.63) is 24.0 Å². The van der Waals surface area contributed by atoms with Crippen molar-refractivity contribution < 1.29 is 9.59 Å². The SMILES string of the molecule is CCC(C)N(CC(=O)N(Cc1cccn1C)CC(C)C)C(C)=O. The number of carbonyl (C=O) groups excluding carboxylic acids is 2. The second-order valence-corrected chi connectivity index (χ2v) is 6.68. The number of aromatic nitrogens is 1. The second-order valence-electron chi connectivity index (χ2n) is 6.68. The van der Waals surface area contributed by atoms with E-state index in [0.29, 0.717) is 19.0 Å². The van der Waals surface area contributed by atoms with E-state index in [9.17, 15) is 9.59 Å². The molecule has 5 heteroatoms. The van der Waals surface area contributed by atoms with Gasteiger partial charge < -0.3 is 14.4 Å². The van der Waals surface area contributed by atoms with E-state index in [1.54, 1.807) is 4.90 Å². The molecule has 0 aromatic carbocycles. The van der Waals surface area contributed by atoms with Gasteiger partial charge in [-0.15, -0.1) is 0 Å². The Morgan fingerprint density at radius 1 is 1.26 bits per heavy atom. The minimum Gasteiger partial charge on any atom is -0.353 e. The summed E-state index contributed by atoms with van der Waals surface area (Å²) in [5.74, 6) is 0.347. The predicted molar refractivity (Wildman–Crippen MR) is 92.8 cm³/mol. The highest BCUT2D eigenvalue weighted by atomic mass is 16.2. The summed E-state index contributed by atoms with van der Waals surface area (Å²) in [6.45, 7) is 11.2. The first-order valence-corrected chi connectivity index (χ1v) is 8.41. The van der Waals surface area contributed by atoms with Crippen molar-refractivity contribution in [3.8, 4) is 0 Å². The van der Waals surface area contributed by atoms with Crippen LogP contribution in [0.5, 0.6) is 0 Å². The van der Waals surface area contributed by atoms with E-state index in [-0.39, 0.29) is 24.4 Å². The smallest absolute Gasteiger partial charge is 0.242 e. The minimum atomic E-state index is -0.0453. The summed E-state index contributed by atoms with van der Waals surface area (Å²) in [6, 6.07) is 4.08. The van der Waals surface area contributed by atoms with Crippen LogP contribution in [-0.4, -0.2) is 45.3 Å². The van der Waals surface area contributed by atoms with E-state index in [0.717, 1.165) is 12.1 Å². The van der Waals surface area contributed by atoms with Crippen molar-refractivity contribution in [1.29, 1.82) is 0 Å². The zero-order valence-electron chi connectivity index (χ0n) is 15.4. The molecule has 1 heterocycles. The number of hydrogen-bond acceptors (Lipinski definition) is 2. The standard InChI is InChI=1S/C18H31N3O2/c1-7-15(4)21(16(5)22)13-18(23)20(11-14(2)3)12-17-9-8-10-19(17)6/h8-10,14-15H,7,11-13H2,1-6H3. The van der Waals surface area contributed by atoms with Crippen LogP contribution in [0.15, 0.2) is 18.3 Å². The Bertz CT molecular complexity index is 522. The molecule has 5 nitrogen and oxygen atoms in total. The number of amides is 2. The Morgan fingerprint density at radius 3 is 2.35 bits per heavy atom. The average Bonchev–Trinajstić information content (AvgIpc) is 2.87. The van der Waals surface area contributed by atoms with Gasteiger partial charge in [0.25, 0.3) is 0 Å². The third kappa shape index (κ3) is 5.73. The van der Waals surface area contributed by atoms with E-state index in [4.69, 9.17) is 0 Å². The summed E-state index contributed by atoms with van der Waals surface area (Å²) in [5.41, 5.74) is 1.09. The molecule has 0 saturated heterocycles. The molecule has 2 amide bonds. The lowest BCUT2D eigenvalue weighted by molar-refractivity contribution is -0.141. The summed E-state index contributed by atoms with van der Waals surface area (Å²) in [6.07, 6.45) is 2.82. The molecule has 0 aliphatic carbocycles. The molecule has 0 radical (unpaired) electrons. The number of nitrogens with zero attached hydrogens (tertiary/aromatic N) is 3. The lowest BCUT2D eigenvalue weighted by atomic mass is 10.2. The average molecular weight is 321 g/mol. The van der Waals surface area contributed by atoms with Gasteiger partial charge in [0.1, 0.15) is 0 Å².